The lowest BCUT2D eigenvalue weighted by atomic mass is 10.1. The van der Waals surface area contributed by atoms with Crippen molar-refractivity contribution < 1.29 is 14.6 Å². The van der Waals surface area contributed by atoms with E-state index in [0.717, 1.165) is 11.1 Å². The summed E-state index contributed by atoms with van der Waals surface area (Å²) in [6.45, 7) is 3.71. The van der Waals surface area contributed by atoms with Crippen LogP contribution in [-0.4, -0.2) is 23.8 Å². The van der Waals surface area contributed by atoms with Crippen LogP contribution < -0.4 is 10.2 Å². The monoisotopic (exact) mass is 366 g/mol. The Bertz CT molecular complexity index is 792. The molecule has 5 nitrogen and oxygen atoms in total. The molecule has 2 rings (SSSR count). The van der Waals surface area contributed by atoms with Gasteiger partial charge in [-0.15, -0.1) is 0 Å². The molecule has 2 N–H and O–H groups in total. The van der Waals surface area contributed by atoms with E-state index in [2.05, 4.69) is 10.5 Å². The summed E-state index contributed by atoms with van der Waals surface area (Å²) in [7, 11) is 0. The van der Waals surface area contributed by atoms with Crippen LogP contribution >= 0.6 is 23.2 Å². The molecule has 0 atom stereocenters. The number of aromatic hydroxyl groups is 1. The Balaban J connectivity index is 1.93. The van der Waals surface area contributed by atoms with Crippen molar-refractivity contribution in [2.24, 2.45) is 5.10 Å². The van der Waals surface area contributed by atoms with Gasteiger partial charge in [-0.1, -0.05) is 35.3 Å². The van der Waals surface area contributed by atoms with Crippen molar-refractivity contribution in [1.29, 1.82) is 0 Å². The van der Waals surface area contributed by atoms with Crippen LogP contribution in [0.15, 0.2) is 35.4 Å². The van der Waals surface area contributed by atoms with Crippen molar-refractivity contribution >= 4 is 35.3 Å². The number of phenolic OH excluding ortho intramolecular Hbond substituents is 1. The zero-order valence-electron chi connectivity index (χ0n) is 13.1. The molecule has 0 bridgehead atoms. The highest BCUT2D eigenvalue weighted by Crippen LogP contribution is 2.29. The van der Waals surface area contributed by atoms with E-state index >= 15 is 0 Å². The molecule has 126 valence electrons. The lowest BCUT2D eigenvalue weighted by Gasteiger charge is -2.09. The number of carbonyl (C=O) groups is 1. The molecule has 0 aliphatic carbocycles. The van der Waals surface area contributed by atoms with Gasteiger partial charge in [0.05, 0.1) is 11.2 Å². The van der Waals surface area contributed by atoms with E-state index in [1.54, 1.807) is 6.07 Å². The summed E-state index contributed by atoms with van der Waals surface area (Å²) in [4.78, 5) is 11.8. The number of hydrogen-bond acceptors (Lipinski definition) is 4. The fourth-order valence-electron chi connectivity index (χ4n) is 1.91. The van der Waals surface area contributed by atoms with E-state index in [1.165, 1.54) is 18.3 Å². The van der Waals surface area contributed by atoms with Gasteiger partial charge < -0.3 is 9.84 Å². The van der Waals surface area contributed by atoms with E-state index < -0.39 is 5.91 Å². The minimum absolute atomic E-state index is 0.105. The molecular formula is C17H16Cl2N2O3. The molecule has 7 heteroatoms. The maximum atomic E-state index is 11.8. The first-order chi connectivity index (χ1) is 11.4. The van der Waals surface area contributed by atoms with Crippen LogP contribution in [0.3, 0.4) is 0 Å². The summed E-state index contributed by atoms with van der Waals surface area (Å²) >= 11 is 11.6. The normalized spacial score (nSPS) is 10.8. The Kier molecular flexibility index (Phi) is 6.06. The first kappa shape index (κ1) is 18.1. The molecule has 0 unspecified atom stereocenters. The molecule has 2 aromatic carbocycles. The van der Waals surface area contributed by atoms with Crippen LogP contribution in [0.5, 0.6) is 11.5 Å². The molecule has 0 fully saturated rings. The fraction of sp³-hybridized carbons (Fsp3) is 0.176. The van der Waals surface area contributed by atoms with E-state index in [-0.39, 0.29) is 17.4 Å². The van der Waals surface area contributed by atoms with Gasteiger partial charge >= 0.3 is 0 Å². The lowest BCUT2D eigenvalue weighted by molar-refractivity contribution is -0.123. The zero-order chi connectivity index (χ0) is 17.7. The van der Waals surface area contributed by atoms with Gasteiger partial charge in [0.15, 0.2) is 6.61 Å². The molecule has 0 spiro atoms. The third-order valence-corrected chi connectivity index (χ3v) is 3.87. The fourth-order valence-corrected chi connectivity index (χ4v) is 2.42. The number of phenols is 1. The summed E-state index contributed by atoms with van der Waals surface area (Å²) in [5, 5.41) is 14.0. The number of hydrazone groups is 1. The van der Waals surface area contributed by atoms with Crippen LogP contribution in [-0.2, 0) is 4.79 Å². The van der Waals surface area contributed by atoms with Crippen LogP contribution in [0.1, 0.15) is 16.7 Å². The van der Waals surface area contributed by atoms with Crippen LogP contribution in [0.25, 0.3) is 0 Å². The standard InChI is InChI=1S/C17H16Cl2N2O3/c1-10-4-3-5-15(11(10)2)24-9-16(22)21-20-8-12-6-13(18)7-14(19)17(12)23/h3-8,23H,9H2,1-2H3,(H,21,22). The predicted octanol–water partition coefficient (Wildman–Crippen LogP) is 3.84. The van der Waals surface area contributed by atoms with Crippen molar-refractivity contribution in [3.8, 4) is 11.5 Å². The maximum absolute atomic E-state index is 11.8. The lowest BCUT2D eigenvalue weighted by Crippen LogP contribution is -2.24. The Morgan fingerprint density at radius 1 is 1.33 bits per heavy atom. The third kappa shape index (κ3) is 4.63. The van der Waals surface area contributed by atoms with Gasteiger partial charge in [0, 0.05) is 10.6 Å². The second-order valence-corrected chi connectivity index (χ2v) is 5.95. The highest BCUT2D eigenvalue weighted by atomic mass is 35.5. The molecule has 2 aromatic rings. The highest BCUT2D eigenvalue weighted by molar-refractivity contribution is 6.36. The molecule has 0 heterocycles. The average Bonchev–Trinajstić information content (AvgIpc) is 2.53. The third-order valence-electron chi connectivity index (χ3n) is 3.36. The van der Waals surface area contributed by atoms with E-state index in [1.807, 2.05) is 26.0 Å². The summed E-state index contributed by atoms with van der Waals surface area (Å²) in [5.74, 6) is 0.0545. The molecule has 0 saturated carbocycles. The van der Waals surface area contributed by atoms with E-state index in [4.69, 9.17) is 27.9 Å². The second kappa shape index (κ2) is 8.04. The molecule has 0 radical (unpaired) electrons. The second-order valence-electron chi connectivity index (χ2n) is 5.11. The molecule has 24 heavy (non-hydrogen) atoms. The average molecular weight is 367 g/mol. The van der Waals surface area contributed by atoms with Crippen LogP contribution in [0, 0.1) is 13.8 Å². The van der Waals surface area contributed by atoms with Gasteiger partial charge in [0.25, 0.3) is 5.91 Å². The number of benzene rings is 2. The topological polar surface area (TPSA) is 70.9 Å². The molecule has 1 amide bonds. The largest absolute Gasteiger partial charge is 0.506 e. The first-order valence-corrected chi connectivity index (χ1v) is 7.83. The van der Waals surface area contributed by atoms with Gasteiger partial charge in [0.2, 0.25) is 0 Å². The molecule has 0 saturated heterocycles. The van der Waals surface area contributed by atoms with Crippen LogP contribution in [0.2, 0.25) is 10.0 Å². The highest BCUT2D eigenvalue weighted by Gasteiger charge is 2.07. The number of nitrogens with one attached hydrogen (secondary N) is 1. The number of aryl methyl sites for hydroxylation is 1. The number of halogens is 2. The zero-order valence-corrected chi connectivity index (χ0v) is 14.6. The number of carbonyl (C=O) groups excluding carboxylic acids is 1. The minimum atomic E-state index is -0.431. The predicted molar refractivity (Wildman–Crippen MR) is 95.3 cm³/mol. The summed E-state index contributed by atoms with van der Waals surface area (Å²) < 4.78 is 5.47. The summed E-state index contributed by atoms with van der Waals surface area (Å²) in [5.41, 5.74) is 4.67. The van der Waals surface area contributed by atoms with Gasteiger partial charge in [-0.3, -0.25) is 4.79 Å². The van der Waals surface area contributed by atoms with Crippen LogP contribution in [0.4, 0.5) is 0 Å². The number of nitrogens with zero attached hydrogens (tertiary/aromatic N) is 1. The number of amides is 1. The number of rotatable bonds is 5. The Labute approximate surface area is 149 Å². The molecular weight excluding hydrogens is 351 g/mol. The number of hydrogen-bond donors (Lipinski definition) is 2. The SMILES string of the molecule is Cc1cccc(OCC(=O)NN=Cc2cc(Cl)cc(Cl)c2O)c1C. The number of ether oxygens (including phenoxy) is 1. The van der Waals surface area contributed by atoms with Gasteiger partial charge in [0.1, 0.15) is 11.5 Å². The Morgan fingerprint density at radius 3 is 2.83 bits per heavy atom. The Morgan fingerprint density at radius 2 is 2.08 bits per heavy atom. The maximum Gasteiger partial charge on any atom is 0.277 e. The van der Waals surface area contributed by atoms with Gasteiger partial charge in [-0.2, -0.15) is 5.10 Å². The van der Waals surface area contributed by atoms with Crippen molar-refractivity contribution in [3.63, 3.8) is 0 Å². The summed E-state index contributed by atoms with van der Waals surface area (Å²) in [6, 6.07) is 8.51. The minimum Gasteiger partial charge on any atom is -0.506 e. The first-order valence-electron chi connectivity index (χ1n) is 7.07. The smallest absolute Gasteiger partial charge is 0.277 e. The molecule has 0 aliphatic heterocycles. The van der Waals surface area contributed by atoms with Crippen molar-refractivity contribution in [3.05, 3.63) is 57.1 Å². The quantitative estimate of drug-likeness (QED) is 0.623. The molecule has 0 aliphatic rings. The van der Waals surface area contributed by atoms with E-state index in [9.17, 15) is 9.90 Å². The van der Waals surface area contributed by atoms with Gasteiger partial charge in [-0.25, -0.2) is 5.43 Å². The van der Waals surface area contributed by atoms with E-state index in [0.29, 0.717) is 16.3 Å². The van der Waals surface area contributed by atoms with Crippen molar-refractivity contribution in [1.82, 2.24) is 5.43 Å². The Hall–Kier alpha value is -2.24. The van der Waals surface area contributed by atoms with Crippen molar-refractivity contribution in [2.45, 2.75) is 13.8 Å². The van der Waals surface area contributed by atoms with Gasteiger partial charge in [-0.05, 0) is 43.2 Å². The van der Waals surface area contributed by atoms with Crippen molar-refractivity contribution in [2.75, 3.05) is 6.61 Å². The summed E-state index contributed by atoms with van der Waals surface area (Å²) in [6.07, 6.45) is 1.25. The molecule has 0 aromatic heterocycles.